The van der Waals surface area contributed by atoms with Crippen molar-refractivity contribution in [2.24, 2.45) is 0 Å². The molecule has 2 aromatic carbocycles. The Morgan fingerprint density at radius 1 is 1.00 bits per heavy atom. The number of pyridine rings is 1. The molecular weight excluding hydrogens is 406 g/mol. The Morgan fingerprint density at radius 3 is 2.52 bits per heavy atom. The molecule has 0 unspecified atom stereocenters. The number of carbonyl (C=O) groups excluding carboxylic acids is 1. The summed E-state index contributed by atoms with van der Waals surface area (Å²) < 4.78 is 2.22. The lowest BCUT2D eigenvalue weighted by molar-refractivity contribution is 0.0940. The molecule has 2 N–H and O–H groups in total. The molecule has 0 fully saturated rings. The quantitative estimate of drug-likeness (QED) is 0.513. The monoisotopic (exact) mass is 425 g/mol. The van der Waals surface area contributed by atoms with Gasteiger partial charge in [-0.3, -0.25) is 4.79 Å². The van der Waals surface area contributed by atoms with Crippen LogP contribution in [0.3, 0.4) is 0 Å². The van der Waals surface area contributed by atoms with E-state index in [-0.39, 0.29) is 36.0 Å². The lowest BCUT2D eigenvalue weighted by Crippen LogP contribution is -2.27. The SMILES string of the molecule is Br.O=C(NCCO)c1cc2c3ccccc3n(Cc3ccccc3)c2cn1. The Labute approximate surface area is 167 Å². The van der Waals surface area contributed by atoms with Gasteiger partial charge in [-0.05, 0) is 17.7 Å². The van der Waals surface area contributed by atoms with Crippen molar-refractivity contribution in [1.82, 2.24) is 14.9 Å². The molecule has 0 spiro atoms. The van der Waals surface area contributed by atoms with Crippen molar-refractivity contribution < 1.29 is 9.90 Å². The van der Waals surface area contributed by atoms with Gasteiger partial charge in [-0.1, -0.05) is 48.5 Å². The van der Waals surface area contributed by atoms with Crippen molar-refractivity contribution in [2.75, 3.05) is 13.2 Å². The molecule has 2 heterocycles. The van der Waals surface area contributed by atoms with Crippen molar-refractivity contribution >= 4 is 44.7 Å². The molecule has 4 rings (SSSR count). The third-order valence-corrected chi connectivity index (χ3v) is 4.47. The van der Waals surface area contributed by atoms with E-state index in [1.807, 2.05) is 36.4 Å². The first kappa shape index (κ1) is 19.1. The zero-order valence-electron chi connectivity index (χ0n) is 14.6. The normalized spacial score (nSPS) is 10.7. The smallest absolute Gasteiger partial charge is 0.269 e. The predicted molar refractivity (Wildman–Crippen MR) is 113 cm³/mol. The lowest BCUT2D eigenvalue weighted by Gasteiger charge is -2.08. The molecule has 2 aromatic heterocycles. The summed E-state index contributed by atoms with van der Waals surface area (Å²) in [6.45, 7) is 0.862. The summed E-state index contributed by atoms with van der Waals surface area (Å²) >= 11 is 0. The number of para-hydroxylation sites is 1. The Hall–Kier alpha value is -2.70. The van der Waals surface area contributed by atoms with Crippen LogP contribution >= 0.6 is 17.0 Å². The maximum Gasteiger partial charge on any atom is 0.269 e. The molecule has 5 nitrogen and oxygen atoms in total. The van der Waals surface area contributed by atoms with Crippen LogP contribution in [0.15, 0.2) is 66.9 Å². The zero-order chi connectivity index (χ0) is 17.9. The first-order valence-electron chi connectivity index (χ1n) is 8.58. The van der Waals surface area contributed by atoms with Crippen LogP contribution in [0.2, 0.25) is 0 Å². The first-order valence-corrected chi connectivity index (χ1v) is 8.58. The van der Waals surface area contributed by atoms with Crippen LogP contribution in [0.25, 0.3) is 21.8 Å². The van der Waals surface area contributed by atoms with Gasteiger partial charge in [0.2, 0.25) is 0 Å². The van der Waals surface area contributed by atoms with Crippen LogP contribution in [-0.2, 0) is 6.54 Å². The highest BCUT2D eigenvalue weighted by molar-refractivity contribution is 8.93. The summed E-state index contributed by atoms with van der Waals surface area (Å²) in [5, 5.41) is 13.6. The van der Waals surface area contributed by atoms with Crippen LogP contribution in [0.1, 0.15) is 16.1 Å². The van der Waals surface area contributed by atoms with E-state index in [0.717, 1.165) is 28.4 Å². The molecule has 0 aliphatic rings. The number of aromatic nitrogens is 2. The largest absolute Gasteiger partial charge is 0.395 e. The molecule has 138 valence electrons. The summed E-state index contributed by atoms with van der Waals surface area (Å²) in [5.74, 6) is -0.277. The second kappa shape index (κ2) is 8.33. The fourth-order valence-corrected chi connectivity index (χ4v) is 3.27. The number of nitrogens with one attached hydrogen (secondary N) is 1. The molecule has 4 aromatic rings. The van der Waals surface area contributed by atoms with Crippen LogP contribution in [0, 0.1) is 0 Å². The number of amides is 1. The minimum atomic E-state index is -0.277. The molecule has 0 aliphatic heterocycles. The predicted octanol–water partition coefficient (Wildman–Crippen LogP) is 3.54. The molecule has 0 saturated carbocycles. The summed E-state index contributed by atoms with van der Waals surface area (Å²) in [7, 11) is 0. The molecule has 0 saturated heterocycles. The molecule has 6 heteroatoms. The van der Waals surface area contributed by atoms with E-state index in [9.17, 15) is 4.79 Å². The van der Waals surface area contributed by atoms with E-state index in [1.54, 1.807) is 6.20 Å². The van der Waals surface area contributed by atoms with Crippen molar-refractivity contribution in [3.05, 3.63) is 78.1 Å². The van der Waals surface area contributed by atoms with Gasteiger partial charge >= 0.3 is 0 Å². The van der Waals surface area contributed by atoms with Gasteiger partial charge < -0.3 is 15.0 Å². The van der Waals surface area contributed by atoms with E-state index in [1.165, 1.54) is 5.56 Å². The fourth-order valence-electron chi connectivity index (χ4n) is 3.27. The van der Waals surface area contributed by atoms with Crippen molar-refractivity contribution in [3.63, 3.8) is 0 Å². The number of hydrogen-bond donors (Lipinski definition) is 2. The summed E-state index contributed by atoms with van der Waals surface area (Å²) in [6, 6.07) is 20.3. The van der Waals surface area contributed by atoms with Crippen LogP contribution in [-0.4, -0.2) is 33.7 Å². The van der Waals surface area contributed by atoms with Crippen molar-refractivity contribution in [3.8, 4) is 0 Å². The topological polar surface area (TPSA) is 67.2 Å². The van der Waals surface area contributed by atoms with Crippen molar-refractivity contribution in [2.45, 2.75) is 6.54 Å². The minimum Gasteiger partial charge on any atom is -0.395 e. The summed E-state index contributed by atoms with van der Waals surface area (Å²) in [6.07, 6.45) is 1.76. The first-order chi connectivity index (χ1) is 12.8. The van der Waals surface area contributed by atoms with Crippen LogP contribution in [0.4, 0.5) is 0 Å². The van der Waals surface area contributed by atoms with Gasteiger partial charge in [0.1, 0.15) is 5.69 Å². The number of carbonyl (C=O) groups is 1. The van der Waals surface area contributed by atoms with Gasteiger partial charge in [0.05, 0.1) is 18.3 Å². The average Bonchev–Trinajstić information content (AvgIpc) is 3.00. The molecule has 27 heavy (non-hydrogen) atoms. The van der Waals surface area contributed by atoms with Gasteiger partial charge in [0.15, 0.2) is 0 Å². The van der Waals surface area contributed by atoms with Crippen molar-refractivity contribution in [1.29, 1.82) is 0 Å². The van der Waals surface area contributed by atoms with Crippen LogP contribution in [0.5, 0.6) is 0 Å². The maximum atomic E-state index is 12.2. The van der Waals surface area contributed by atoms with E-state index in [2.05, 4.69) is 39.1 Å². The third-order valence-electron chi connectivity index (χ3n) is 4.47. The Balaban J connectivity index is 0.00000210. The zero-order valence-corrected chi connectivity index (χ0v) is 16.3. The Bertz CT molecular complexity index is 1080. The third kappa shape index (κ3) is 3.72. The number of halogens is 1. The van der Waals surface area contributed by atoms with Gasteiger partial charge in [-0.2, -0.15) is 0 Å². The molecule has 1 amide bonds. The average molecular weight is 426 g/mol. The van der Waals surface area contributed by atoms with Gasteiger partial charge in [0.25, 0.3) is 5.91 Å². The van der Waals surface area contributed by atoms with E-state index < -0.39 is 0 Å². The number of aliphatic hydroxyl groups is 1. The van der Waals surface area contributed by atoms with E-state index in [0.29, 0.717) is 5.69 Å². The summed E-state index contributed by atoms with van der Waals surface area (Å²) in [5.41, 5.74) is 3.67. The van der Waals surface area contributed by atoms with Gasteiger partial charge in [-0.25, -0.2) is 4.98 Å². The number of fused-ring (bicyclic) bond motifs is 3. The molecule has 0 aliphatic carbocycles. The second-order valence-electron chi connectivity index (χ2n) is 6.16. The molecular formula is C21H20BrN3O2. The van der Waals surface area contributed by atoms with Crippen LogP contribution < -0.4 is 5.32 Å². The number of nitrogens with zero attached hydrogens (tertiary/aromatic N) is 2. The highest BCUT2D eigenvalue weighted by Gasteiger charge is 2.14. The lowest BCUT2D eigenvalue weighted by atomic mass is 10.1. The van der Waals surface area contributed by atoms with Gasteiger partial charge in [0, 0.05) is 29.4 Å². The highest BCUT2D eigenvalue weighted by Crippen LogP contribution is 2.29. The number of rotatable bonds is 5. The molecule has 0 atom stereocenters. The fraction of sp³-hybridized carbons (Fsp3) is 0.143. The van der Waals surface area contributed by atoms with E-state index >= 15 is 0 Å². The summed E-state index contributed by atoms with van der Waals surface area (Å²) in [4.78, 5) is 16.5. The Kier molecular flexibility index (Phi) is 5.88. The Morgan fingerprint density at radius 2 is 1.74 bits per heavy atom. The van der Waals surface area contributed by atoms with Gasteiger partial charge in [-0.15, -0.1) is 17.0 Å². The minimum absolute atomic E-state index is 0. The molecule has 0 radical (unpaired) electrons. The highest BCUT2D eigenvalue weighted by atomic mass is 79.9. The number of benzene rings is 2. The number of aliphatic hydroxyl groups excluding tert-OH is 1. The van der Waals surface area contributed by atoms with E-state index in [4.69, 9.17) is 5.11 Å². The molecule has 0 bridgehead atoms. The standard InChI is InChI=1S/C21H19N3O2.BrH/c25-11-10-22-21(26)18-12-17-16-8-4-5-9-19(16)24(20(17)13-23-18)14-15-6-2-1-3-7-15;/h1-9,12-13,25H,10-11,14H2,(H,22,26);1H. The second-order valence-corrected chi connectivity index (χ2v) is 6.16. The number of hydrogen-bond acceptors (Lipinski definition) is 3. The maximum absolute atomic E-state index is 12.2.